The number of morpholine rings is 1. The van der Waals surface area contributed by atoms with E-state index in [0.717, 1.165) is 0 Å². The average Bonchev–Trinajstić information content (AvgIpc) is 2.39. The highest BCUT2D eigenvalue weighted by Gasteiger charge is 2.31. The molecule has 0 bridgehead atoms. The minimum absolute atomic E-state index is 0.162. The quantitative estimate of drug-likeness (QED) is 0.799. The lowest BCUT2D eigenvalue weighted by atomic mass is 10.2. The van der Waals surface area contributed by atoms with Crippen LogP contribution in [0.15, 0.2) is 29.2 Å². The Morgan fingerprint density at radius 1 is 1.50 bits per heavy atom. The molecule has 0 N–H and O–H groups in total. The van der Waals surface area contributed by atoms with E-state index in [2.05, 4.69) is 0 Å². The lowest BCUT2D eigenvalue weighted by Gasteiger charge is -2.32. The van der Waals surface area contributed by atoms with E-state index in [9.17, 15) is 8.42 Å². The molecule has 0 spiro atoms. The van der Waals surface area contributed by atoms with Crippen molar-refractivity contribution >= 4 is 10.0 Å². The van der Waals surface area contributed by atoms with Crippen LogP contribution < -0.4 is 0 Å². The van der Waals surface area contributed by atoms with Crippen molar-refractivity contribution in [2.45, 2.75) is 17.9 Å². The van der Waals surface area contributed by atoms with Gasteiger partial charge in [0, 0.05) is 12.6 Å². The van der Waals surface area contributed by atoms with Gasteiger partial charge in [-0.15, -0.1) is 0 Å². The number of rotatable bonds is 2. The summed E-state index contributed by atoms with van der Waals surface area (Å²) < 4.78 is 31.5. The predicted octanol–water partition coefficient (Wildman–Crippen LogP) is 0.968. The van der Waals surface area contributed by atoms with Crippen molar-refractivity contribution in [3.63, 3.8) is 0 Å². The molecule has 0 amide bonds. The van der Waals surface area contributed by atoms with Crippen LogP contribution in [0.5, 0.6) is 0 Å². The average molecular weight is 266 g/mol. The number of sulfonamides is 1. The number of ether oxygens (including phenoxy) is 1. The molecular formula is C12H14N2O3S. The van der Waals surface area contributed by atoms with Gasteiger partial charge in [0.15, 0.2) is 0 Å². The Hall–Kier alpha value is -1.42. The Balaban J connectivity index is 2.38. The zero-order valence-corrected chi connectivity index (χ0v) is 10.9. The Morgan fingerprint density at radius 2 is 2.28 bits per heavy atom. The molecule has 96 valence electrons. The molecule has 1 aliphatic rings. The molecule has 2 rings (SSSR count). The maximum atomic E-state index is 12.4. The molecule has 0 radical (unpaired) electrons. The first-order valence-electron chi connectivity index (χ1n) is 5.65. The van der Waals surface area contributed by atoms with Crippen LogP contribution in [0.1, 0.15) is 12.5 Å². The molecule has 1 aromatic rings. The van der Waals surface area contributed by atoms with Crippen LogP contribution in [-0.2, 0) is 14.8 Å². The molecule has 1 fully saturated rings. The van der Waals surface area contributed by atoms with Crippen LogP contribution in [0.25, 0.3) is 0 Å². The molecule has 1 heterocycles. The largest absolute Gasteiger partial charge is 0.378 e. The summed E-state index contributed by atoms with van der Waals surface area (Å²) in [7, 11) is -3.54. The van der Waals surface area contributed by atoms with Crippen LogP contribution in [-0.4, -0.2) is 38.5 Å². The zero-order valence-electron chi connectivity index (χ0n) is 10.0. The highest BCUT2D eigenvalue weighted by Crippen LogP contribution is 2.21. The van der Waals surface area contributed by atoms with Crippen LogP contribution >= 0.6 is 0 Å². The van der Waals surface area contributed by atoms with Gasteiger partial charge in [0.2, 0.25) is 10.0 Å². The van der Waals surface area contributed by atoms with Gasteiger partial charge >= 0.3 is 0 Å². The van der Waals surface area contributed by atoms with Gasteiger partial charge in [0.05, 0.1) is 29.7 Å². The molecule has 1 atom stereocenters. The second kappa shape index (κ2) is 5.06. The lowest BCUT2D eigenvalue weighted by molar-refractivity contribution is 0.0393. The van der Waals surface area contributed by atoms with Crippen LogP contribution in [0, 0.1) is 11.3 Å². The van der Waals surface area contributed by atoms with E-state index in [1.807, 2.05) is 13.0 Å². The number of benzene rings is 1. The predicted molar refractivity (Wildman–Crippen MR) is 65.3 cm³/mol. The van der Waals surface area contributed by atoms with E-state index in [-0.39, 0.29) is 10.9 Å². The first kappa shape index (κ1) is 13.0. The van der Waals surface area contributed by atoms with Gasteiger partial charge < -0.3 is 4.74 Å². The van der Waals surface area contributed by atoms with E-state index in [1.54, 1.807) is 12.1 Å². The summed E-state index contributed by atoms with van der Waals surface area (Å²) in [6.07, 6.45) is 0. The van der Waals surface area contributed by atoms with Gasteiger partial charge in [0.1, 0.15) is 0 Å². The minimum atomic E-state index is -3.54. The number of hydrogen-bond acceptors (Lipinski definition) is 4. The van der Waals surface area contributed by atoms with Gasteiger partial charge in [-0.2, -0.15) is 9.57 Å². The first-order chi connectivity index (χ1) is 8.55. The van der Waals surface area contributed by atoms with Gasteiger partial charge in [-0.05, 0) is 25.1 Å². The fraction of sp³-hybridized carbons (Fsp3) is 0.417. The molecule has 0 aliphatic carbocycles. The third-order valence-electron chi connectivity index (χ3n) is 2.88. The van der Waals surface area contributed by atoms with Gasteiger partial charge in [-0.1, -0.05) is 6.07 Å². The summed E-state index contributed by atoms with van der Waals surface area (Å²) in [4.78, 5) is 0.162. The molecular weight excluding hydrogens is 252 g/mol. The Kier molecular flexibility index (Phi) is 3.66. The number of nitrogens with zero attached hydrogens (tertiary/aromatic N) is 2. The normalized spacial score (nSPS) is 21.4. The molecule has 0 aromatic heterocycles. The van der Waals surface area contributed by atoms with Crippen molar-refractivity contribution in [3.8, 4) is 6.07 Å². The second-order valence-corrected chi connectivity index (χ2v) is 6.07. The van der Waals surface area contributed by atoms with Gasteiger partial charge in [0.25, 0.3) is 0 Å². The summed E-state index contributed by atoms with van der Waals surface area (Å²) in [5, 5.41) is 8.81. The van der Waals surface area contributed by atoms with Gasteiger partial charge in [-0.25, -0.2) is 8.42 Å². The third kappa shape index (κ3) is 2.38. The van der Waals surface area contributed by atoms with Gasteiger partial charge in [-0.3, -0.25) is 0 Å². The van der Waals surface area contributed by atoms with Crippen molar-refractivity contribution in [2.24, 2.45) is 0 Å². The van der Waals surface area contributed by atoms with E-state index < -0.39 is 10.0 Å². The molecule has 0 saturated carbocycles. The summed E-state index contributed by atoms with van der Waals surface area (Å²) in [5.41, 5.74) is 0.344. The summed E-state index contributed by atoms with van der Waals surface area (Å²) in [5.74, 6) is 0. The molecule has 18 heavy (non-hydrogen) atoms. The van der Waals surface area contributed by atoms with Crippen molar-refractivity contribution < 1.29 is 13.2 Å². The Morgan fingerprint density at radius 3 is 2.94 bits per heavy atom. The Labute approximate surface area is 107 Å². The van der Waals surface area contributed by atoms with Crippen molar-refractivity contribution in [1.29, 1.82) is 5.26 Å². The highest BCUT2D eigenvalue weighted by atomic mass is 32.2. The SMILES string of the molecule is C[C@@H]1COCCN1S(=O)(=O)c1cccc(C#N)c1. The first-order valence-corrected chi connectivity index (χ1v) is 7.09. The topological polar surface area (TPSA) is 70.4 Å². The van der Waals surface area contributed by atoms with Crippen molar-refractivity contribution in [2.75, 3.05) is 19.8 Å². The maximum absolute atomic E-state index is 12.4. The summed E-state index contributed by atoms with van der Waals surface area (Å²) in [6, 6.07) is 7.84. The standard InChI is InChI=1S/C12H14N2O3S/c1-10-9-17-6-5-14(10)18(15,16)12-4-2-3-11(7-12)8-13/h2-4,7,10H,5-6,9H2,1H3/t10-/m1/s1. The van der Waals surface area contributed by atoms with Crippen LogP contribution in [0.4, 0.5) is 0 Å². The monoisotopic (exact) mass is 266 g/mol. The van der Waals surface area contributed by atoms with Crippen molar-refractivity contribution in [3.05, 3.63) is 29.8 Å². The lowest BCUT2D eigenvalue weighted by Crippen LogP contribution is -2.46. The smallest absolute Gasteiger partial charge is 0.243 e. The zero-order chi connectivity index (χ0) is 13.2. The van der Waals surface area contributed by atoms with E-state index in [4.69, 9.17) is 10.00 Å². The van der Waals surface area contributed by atoms with Crippen LogP contribution in [0.3, 0.4) is 0 Å². The van der Waals surface area contributed by atoms with Crippen molar-refractivity contribution in [1.82, 2.24) is 4.31 Å². The molecule has 1 aromatic carbocycles. The van der Waals surface area contributed by atoms with E-state index in [1.165, 1.54) is 16.4 Å². The van der Waals surface area contributed by atoms with E-state index in [0.29, 0.717) is 25.3 Å². The summed E-state index contributed by atoms with van der Waals surface area (Å²) >= 11 is 0. The third-order valence-corrected chi connectivity index (χ3v) is 4.89. The number of nitriles is 1. The molecule has 0 unspecified atom stereocenters. The van der Waals surface area contributed by atoms with E-state index >= 15 is 0 Å². The van der Waals surface area contributed by atoms with Crippen LogP contribution in [0.2, 0.25) is 0 Å². The highest BCUT2D eigenvalue weighted by molar-refractivity contribution is 7.89. The molecule has 1 aliphatic heterocycles. The molecule has 5 nitrogen and oxygen atoms in total. The second-order valence-electron chi connectivity index (χ2n) is 4.18. The minimum Gasteiger partial charge on any atom is -0.378 e. The molecule has 1 saturated heterocycles. The Bertz CT molecular complexity index is 577. The maximum Gasteiger partial charge on any atom is 0.243 e. The summed E-state index contributed by atoms with van der Waals surface area (Å²) in [6.45, 7) is 2.96. The molecule has 6 heteroatoms. The fourth-order valence-electron chi connectivity index (χ4n) is 1.93. The number of hydrogen-bond donors (Lipinski definition) is 0. The fourth-order valence-corrected chi connectivity index (χ4v) is 3.58.